The molecule has 0 aliphatic rings. The number of ether oxygens (including phenoxy) is 1. The molecule has 0 fully saturated rings. The first kappa shape index (κ1) is 19.0. The van der Waals surface area contributed by atoms with Crippen LogP contribution < -0.4 is 9.64 Å². The third-order valence-electron chi connectivity index (χ3n) is 5.27. The number of fused-ring (bicyclic) bond motifs is 2. The number of anilines is 1. The molecule has 2 heterocycles. The zero-order chi connectivity index (χ0) is 21.0. The van der Waals surface area contributed by atoms with Crippen molar-refractivity contribution in [3.05, 3.63) is 91.1 Å². The topological polar surface area (TPSA) is 51.1 Å². The summed E-state index contributed by atoms with van der Waals surface area (Å²) < 4.78 is 5.89. The predicted octanol–water partition coefficient (Wildman–Crippen LogP) is 5.36. The fourth-order valence-electron chi connectivity index (χ4n) is 3.69. The molecule has 152 valence electrons. The van der Waals surface area contributed by atoms with Crippen LogP contribution in [-0.2, 0) is 0 Å². The molecule has 0 aliphatic carbocycles. The van der Waals surface area contributed by atoms with Crippen molar-refractivity contribution in [3.63, 3.8) is 0 Å². The molecule has 5 heteroatoms. The summed E-state index contributed by atoms with van der Waals surface area (Å²) in [4.78, 5) is 16.4. The highest BCUT2D eigenvalue weighted by Crippen LogP contribution is 2.30. The first-order valence-electron chi connectivity index (χ1n) is 10.3. The molecular formula is C26H22N4O. The SMILES string of the molecule is CN(CCOc1ccccc1)c1nc(-c2ccnc3ccccc23)nc2ccccc12. The molecule has 5 nitrogen and oxygen atoms in total. The van der Waals surface area contributed by atoms with Crippen molar-refractivity contribution in [2.75, 3.05) is 25.1 Å². The predicted molar refractivity (Wildman–Crippen MR) is 125 cm³/mol. The Bertz CT molecular complexity index is 1330. The number of rotatable bonds is 6. The van der Waals surface area contributed by atoms with Crippen molar-refractivity contribution in [2.24, 2.45) is 0 Å². The van der Waals surface area contributed by atoms with Crippen molar-refractivity contribution in [1.29, 1.82) is 0 Å². The van der Waals surface area contributed by atoms with Gasteiger partial charge in [-0.3, -0.25) is 4.98 Å². The quantitative estimate of drug-likeness (QED) is 0.380. The molecule has 2 aromatic heterocycles. The Balaban J connectivity index is 1.51. The second-order valence-corrected chi connectivity index (χ2v) is 7.35. The van der Waals surface area contributed by atoms with Gasteiger partial charge in [-0.25, -0.2) is 9.97 Å². The van der Waals surface area contributed by atoms with Gasteiger partial charge < -0.3 is 9.64 Å². The van der Waals surface area contributed by atoms with E-state index in [1.54, 1.807) is 0 Å². The highest BCUT2D eigenvalue weighted by Gasteiger charge is 2.14. The van der Waals surface area contributed by atoms with Crippen LogP contribution in [-0.4, -0.2) is 35.2 Å². The molecule has 0 bridgehead atoms. The van der Waals surface area contributed by atoms with E-state index in [0.29, 0.717) is 19.0 Å². The highest BCUT2D eigenvalue weighted by atomic mass is 16.5. The van der Waals surface area contributed by atoms with Crippen LogP contribution >= 0.6 is 0 Å². The summed E-state index contributed by atoms with van der Waals surface area (Å²) in [6, 6.07) is 28.0. The standard InChI is InChI=1S/C26H22N4O/c1-30(17-18-31-19-9-3-2-4-10-19)26-22-12-6-8-14-24(22)28-25(29-26)21-15-16-27-23-13-7-5-11-20(21)23/h2-16H,17-18H2,1H3. The van der Waals surface area contributed by atoms with Crippen LogP contribution in [0, 0.1) is 0 Å². The lowest BCUT2D eigenvalue weighted by Gasteiger charge is -2.21. The maximum Gasteiger partial charge on any atom is 0.162 e. The summed E-state index contributed by atoms with van der Waals surface area (Å²) in [5.74, 6) is 2.45. The van der Waals surface area contributed by atoms with E-state index in [9.17, 15) is 0 Å². The van der Waals surface area contributed by atoms with Crippen LogP contribution in [0.2, 0.25) is 0 Å². The molecule has 5 aromatic rings. The number of pyridine rings is 1. The minimum atomic E-state index is 0.562. The van der Waals surface area contributed by atoms with E-state index in [-0.39, 0.29) is 0 Å². The number of nitrogens with zero attached hydrogens (tertiary/aromatic N) is 4. The summed E-state index contributed by atoms with van der Waals surface area (Å²) in [7, 11) is 2.04. The van der Waals surface area contributed by atoms with E-state index in [2.05, 4.69) is 22.0 Å². The summed E-state index contributed by atoms with van der Waals surface area (Å²) in [5, 5.41) is 2.06. The minimum Gasteiger partial charge on any atom is -0.492 e. The van der Waals surface area contributed by atoms with Gasteiger partial charge in [-0.2, -0.15) is 0 Å². The molecule has 0 spiro atoms. The van der Waals surface area contributed by atoms with Crippen LogP contribution in [0.25, 0.3) is 33.2 Å². The number of hydrogen-bond donors (Lipinski definition) is 0. The fourth-order valence-corrected chi connectivity index (χ4v) is 3.69. The maximum absolute atomic E-state index is 5.89. The van der Waals surface area contributed by atoms with Crippen LogP contribution in [0.5, 0.6) is 5.75 Å². The van der Waals surface area contributed by atoms with E-state index < -0.39 is 0 Å². The molecule has 0 N–H and O–H groups in total. The van der Waals surface area contributed by atoms with E-state index in [0.717, 1.165) is 38.9 Å². The fraction of sp³-hybridized carbons (Fsp3) is 0.115. The zero-order valence-electron chi connectivity index (χ0n) is 17.3. The van der Waals surface area contributed by atoms with Crippen LogP contribution in [0.1, 0.15) is 0 Å². The third kappa shape index (κ3) is 3.90. The van der Waals surface area contributed by atoms with Gasteiger partial charge in [-0.1, -0.05) is 48.5 Å². The summed E-state index contributed by atoms with van der Waals surface area (Å²) in [5.41, 5.74) is 2.83. The van der Waals surface area contributed by atoms with E-state index in [1.807, 2.05) is 86.0 Å². The monoisotopic (exact) mass is 406 g/mol. The first-order chi connectivity index (χ1) is 15.3. The molecule has 0 unspecified atom stereocenters. The smallest absolute Gasteiger partial charge is 0.162 e. The number of aromatic nitrogens is 3. The van der Waals surface area contributed by atoms with Gasteiger partial charge in [-0.15, -0.1) is 0 Å². The van der Waals surface area contributed by atoms with Gasteiger partial charge in [0.2, 0.25) is 0 Å². The Morgan fingerprint density at radius 3 is 2.29 bits per heavy atom. The van der Waals surface area contributed by atoms with E-state index in [1.165, 1.54) is 0 Å². The largest absolute Gasteiger partial charge is 0.492 e. The molecule has 3 aromatic carbocycles. The van der Waals surface area contributed by atoms with Crippen molar-refractivity contribution in [3.8, 4) is 17.1 Å². The van der Waals surface area contributed by atoms with Gasteiger partial charge in [0.15, 0.2) is 5.82 Å². The van der Waals surface area contributed by atoms with Gasteiger partial charge in [0.1, 0.15) is 18.2 Å². The second-order valence-electron chi connectivity index (χ2n) is 7.35. The lowest BCUT2D eigenvalue weighted by Crippen LogP contribution is -2.25. The maximum atomic E-state index is 5.89. The number of benzene rings is 3. The Labute approximate surface area is 181 Å². The van der Waals surface area contributed by atoms with Gasteiger partial charge in [0.25, 0.3) is 0 Å². The summed E-state index contributed by atoms with van der Waals surface area (Å²) in [6.07, 6.45) is 1.81. The normalized spacial score (nSPS) is 11.0. The van der Waals surface area contributed by atoms with Crippen molar-refractivity contribution in [1.82, 2.24) is 15.0 Å². The molecule has 0 amide bonds. The van der Waals surface area contributed by atoms with Crippen molar-refractivity contribution >= 4 is 27.6 Å². The summed E-state index contributed by atoms with van der Waals surface area (Å²) in [6.45, 7) is 1.26. The third-order valence-corrected chi connectivity index (χ3v) is 5.27. The number of hydrogen-bond acceptors (Lipinski definition) is 5. The van der Waals surface area contributed by atoms with Gasteiger partial charge in [-0.05, 0) is 36.4 Å². The Morgan fingerprint density at radius 2 is 1.45 bits per heavy atom. The minimum absolute atomic E-state index is 0.562. The van der Waals surface area contributed by atoms with E-state index in [4.69, 9.17) is 14.7 Å². The molecule has 0 saturated heterocycles. The van der Waals surface area contributed by atoms with Crippen molar-refractivity contribution < 1.29 is 4.74 Å². The molecule has 5 rings (SSSR count). The number of likely N-dealkylation sites (N-methyl/N-ethyl adjacent to an activating group) is 1. The lowest BCUT2D eigenvalue weighted by atomic mass is 10.1. The van der Waals surface area contributed by atoms with Gasteiger partial charge in [0.05, 0.1) is 17.6 Å². The lowest BCUT2D eigenvalue weighted by molar-refractivity contribution is 0.326. The van der Waals surface area contributed by atoms with Gasteiger partial charge >= 0.3 is 0 Å². The molecule has 0 radical (unpaired) electrons. The van der Waals surface area contributed by atoms with Gasteiger partial charge in [0, 0.05) is 29.6 Å². The van der Waals surface area contributed by atoms with Crippen molar-refractivity contribution in [2.45, 2.75) is 0 Å². The molecule has 0 aliphatic heterocycles. The summed E-state index contributed by atoms with van der Waals surface area (Å²) >= 11 is 0. The molecule has 31 heavy (non-hydrogen) atoms. The highest BCUT2D eigenvalue weighted by molar-refractivity contribution is 5.96. The zero-order valence-corrected chi connectivity index (χ0v) is 17.3. The number of para-hydroxylation sites is 3. The average Bonchev–Trinajstić information content (AvgIpc) is 2.83. The Hall–Kier alpha value is -3.99. The first-order valence-corrected chi connectivity index (χ1v) is 10.3. The van der Waals surface area contributed by atoms with Crippen LogP contribution in [0.15, 0.2) is 91.1 Å². The van der Waals surface area contributed by atoms with Crippen LogP contribution in [0.4, 0.5) is 5.82 Å². The van der Waals surface area contributed by atoms with Crippen LogP contribution in [0.3, 0.4) is 0 Å². The Kier molecular flexibility index (Phi) is 5.15. The Morgan fingerprint density at radius 1 is 0.742 bits per heavy atom. The molecular weight excluding hydrogens is 384 g/mol. The average molecular weight is 406 g/mol. The second kappa shape index (κ2) is 8.40. The molecule has 0 saturated carbocycles. The van der Waals surface area contributed by atoms with E-state index >= 15 is 0 Å². The molecule has 0 atom stereocenters.